The van der Waals surface area contributed by atoms with E-state index in [0.29, 0.717) is 0 Å². The van der Waals surface area contributed by atoms with E-state index in [-0.39, 0.29) is 0 Å². The molecule has 6 atom stereocenters. The number of halogens is 1. The number of alkyl halides is 1. The first-order valence-electron chi connectivity index (χ1n) is 6.73. The number of thioether (sulfide) groups is 1. The van der Waals surface area contributed by atoms with Crippen LogP contribution in [-0.4, -0.2) is 69.3 Å². The van der Waals surface area contributed by atoms with Crippen molar-refractivity contribution in [1.29, 1.82) is 0 Å². The summed E-state index contributed by atoms with van der Waals surface area (Å²) in [5, 5.41) is 20.2. The molecule has 108 valence electrons. The number of aliphatic hydroxyl groups excluding tert-OH is 2. The number of aliphatic hydroxyl groups is 2. The van der Waals surface area contributed by atoms with Crippen LogP contribution >= 0.6 is 11.8 Å². The maximum atomic E-state index is 14.2. The molecule has 0 amide bonds. The Kier molecular flexibility index (Phi) is 3.72. The zero-order chi connectivity index (χ0) is 13.6. The highest BCUT2D eigenvalue weighted by Gasteiger charge is 2.51. The zero-order valence-corrected chi connectivity index (χ0v) is 11.6. The van der Waals surface area contributed by atoms with Gasteiger partial charge in [-0.1, -0.05) is 11.8 Å². The summed E-state index contributed by atoms with van der Waals surface area (Å²) < 4.78 is 19.8. The topological polar surface area (TPSA) is 65.3 Å². The molecule has 0 radical (unpaired) electrons. The summed E-state index contributed by atoms with van der Waals surface area (Å²) in [7, 11) is 0. The second-order valence-electron chi connectivity index (χ2n) is 5.36. The minimum atomic E-state index is -1.48. The molecule has 3 aliphatic rings. The van der Waals surface area contributed by atoms with Crippen LogP contribution in [-0.2, 0) is 4.74 Å². The lowest BCUT2D eigenvalue weighted by Gasteiger charge is -2.38. The number of nitrogens with zero attached hydrogens (tertiary/aromatic N) is 2. The van der Waals surface area contributed by atoms with Crippen molar-refractivity contribution in [2.75, 3.05) is 13.1 Å². The maximum Gasteiger partial charge on any atom is 0.162 e. The van der Waals surface area contributed by atoms with Gasteiger partial charge in [-0.15, -0.1) is 0 Å². The Morgan fingerprint density at radius 2 is 2.16 bits per heavy atom. The normalized spacial score (nSPS) is 44.1. The summed E-state index contributed by atoms with van der Waals surface area (Å²) >= 11 is 1.41. The van der Waals surface area contributed by atoms with Crippen LogP contribution in [0.1, 0.15) is 19.8 Å². The summed E-state index contributed by atoms with van der Waals surface area (Å²) in [5.74, 6) is 0. The van der Waals surface area contributed by atoms with E-state index in [1.54, 1.807) is 0 Å². The fourth-order valence-corrected chi connectivity index (χ4v) is 4.06. The molecule has 0 spiro atoms. The molecule has 3 rings (SSSR count). The van der Waals surface area contributed by atoms with Gasteiger partial charge in [-0.25, -0.2) is 4.39 Å². The fraction of sp³-hybridized carbons (Fsp3) is 0.917. The molecule has 7 heteroatoms. The van der Waals surface area contributed by atoms with E-state index in [9.17, 15) is 14.6 Å². The summed E-state index contributed by atoms with van der Waals surface area (Å²) in [6.45, 7) is 3.40. The molecule has 0 aromatic carbocycles. The number of aliphatic imine (C=N–C) groups is 1. The quantitative estimate of drug-likeness (QED) is 0.730. The lowest BCUT2D eigenvalue weighted by molar-refractivity contribution is -0.165. The van der Waals surface area contributed by atoms with Crippen LogP contribution in [0.3, 0.4) is 0 Å². The molecule has 0 aliphatic carbocycles. The number of fused-ring (bicyclic) bond motifs is 1. The SMILES string of the molecule is C[C@H](O)[C@H]1O[C@@H]2SC(N3CCCC3)=N[C@@H]2[C@H](F)[C@@H]1O. The number of amidine groups is 1. The van der Waals surface area contributed by atoms with E-state index in [4.69, 9.17) is 4.74 Å². The van der Waals surface area contributed by atoms with E-state index in [1.165, 1.54) is 18.7 Å². The lowest BCUT2D eigenvalue weighted by Crippen LogP contribution is -2.56. The van der Waals surface area contributed by atoms with E-state index in [2.05, 4.69) is 9.89 Å². The number of likely N-dealkylation sites (tertiary alicyclic amines) is 1. The van der Waals surface area contributed by atoms with Gasteiger partial charge in [-0.2, -0.15) is 0 Å². The lowest BCUT2D eigenvalue weighted by atomic mass is 9.97. The third kappa shape index (κ3) is 2.37. The number of rotatable bonds is 1. The van der Waals surface area contributed by atoms with Crippen molar-refractivity contribution in [3.05, 3.63) is 0 Å². The molecule has 19 heavy (non-hydrogen) atoms. The highest BCUT2D eigenvalue weighted by atomic mass is 32.2. The molecule has 0 aromatic heterocycles. The summed E-state index contributed by atoms with van der Waals surface area (Å²) in [6, 6.07) is -0.661. The third-order valence-electron chi connectivity index (χ3n) is 3.89. The first-order chi connectivity index (χ1) is 9.08. The first kappa shape index (κ1) is 13.6. The van der Waals surface area contributed by atoms with Gasteiger partial charge in [0, 0.05) is 13.1 Å². The molecular weight excluding hydrogens is 271 g/mol. The Hall–Kier alpha value is -0.370. The van der Waals surface area contributed by atoms with Crippen molar-refractivity contribution in [2.45, 2.75) is 55.7 Å². The van der Waals surface area contributed by atoms with E-state index in [0.717, 1.165) is 31.1 Å². The first-order valence-corrected chi connectivity index (χ1v) is 7.61. The highest BCUT2D eigenvalue weighted by molar-refractivity contribution is 8.14. The van der Waals surface area contributed by atoms with Gasteiger partial charge in [0.15, 0.2) is 11.3 Å². The molecule has 0 aromatic rings. The van der Waals surface area contributed by atoms with E-state index in [1.807, 2.05) is 0 Å². The minimum Gasteiger partial charge on any atom is -0.391 e. The summed E-state index contributed by atoms with van der Waals surface area (Å²) in [5.41, 5.74) is -0.436. The van der Waals surface area contributed by atoms with Crippen molar-refractivity contribution in [3.8, 4) is 0 Å². The van der Waals surface area contributed by atoms with Crippen LogP contribution < -0.4 is 0 Å². The van der Waals surface area contributed by atoms with Crippen LogP contribution in [0.2, 0.25) is 0 Å². The van der Waals surface area contributed by atoms with Crippen LogP contribution in [0, 0.1) is 0 Å². The summed E-state index contributed by atoms with van der Waals surface area (Å²) in [6.07, 6.45) is -2.31. The van der Waals surface area contributed by atoms with Gasteiger partial charge in [0.1, 0.15) is 23.7 Å². The highest BCUT2D eigenvalue weighted by Crippen LogP contribution is 2.39. The minimum absolute atomic E-state index is 0.436. The molecule has 2 N–H and O–H groups in total. The van der Waals surface area contributed by atoms with Gasteiger partial charge < -0.3 is 19.8 Å². The van der Waals surface area contributed by atoms with Crippen molar-refractivity contribution >= 4 is 16.9 Å². The maximum absolute atomic E-state index is 14.2. The van der Waals surface area contributed by atoms with Crippen LogP contribution in [0.5, 0.6) is 0 Å². The molecule has 3 heterocycles. The van der Waals surface area contributed by atoms with Gasteiger partial charge in [0.05, 0.1) is 6.10 Å². The van der Waals surface area contributed by atoms with E-state index < -0.39 is 36.0 Å². The molecule has 0 bridgehead atoms. The van der Waals surface area contributed by atoms with Crippen molar-refractivity contribution in [1.82, 2.24) is 4.90 Å². The van der Waals surface area contributed by atoms with Crippen LogP contribution in [0.15, 0.2) is 4.99 Å². The van der Waals surface area contributed by atoms with Gasteiger partial charge in [0.2, 0.25) is 0 Å². The van der Waals surface area contributed by atoms with Gasteiger partial charge >= 0.3 is 0 Å². The average molecular weight is 290 g/mol. The second-order valence-corrected chi connectivity index (χ2v) is 6.42. The number of hydrogen-bond donors (Lipinski definition) is 2. The van der Waals surface area contributed by atoms with Gasteiger partial charge in [-0.3, -0.25) is 4.99 Å². The Morgan fingerprint density at radius 1 is 1.47 bits per heavy atom. The average Bonchev–Trinajstić information content (AvgIpc) is 3.01. The van der Waals surface area contributed by atoms with E-state index >= 15 is 0 Å². The number of hydrogen-bond acceptors (Lipinski definition) is 6. The van der Waals surface area contributed by atoms with Crippen molar-refractivity contribution in [3.63, 3.8) is 0 Å². The largest absolute Gasteiger partial charge is 0.391 e. The Balaban J connectivity index is 1.75. The Labute approximate surface area is 115 Å². The number of ether oxygens (including phenoxy) is 1. The monoisotopic (exact) mass is 290 g/mol. The summed E-state index contributed by atoms with van der Waals surface area (Å²) in [4.78, 5) is 6.52. The zero-order valence-electron chi connectivity index (χ0n) is 10.8. The molecule has 2 fully saturated rings. The predicted octanol–water partition coefficient (Wildman–Crippen LogP) is 0.358. The predicted molar refractivity (Wildman–Crippen MR) is 70.9 cm³/mol. The Morgan fingerprint density at radius 3 is 2.79 bits per heavy atom. The standard InChI is InChI=1S/C12H19FN2O3S/c1-6(16)10-9(17)7(13)8-11(18-10)19-12(14-8)15-4-2-3-5-15/h6-11,16-17H,2-5H2,1H3/t6-,7-,8+,9-,10+,11+/m0/s1. The molecular formula is C12H19FN2O3S. The molecule has 2 saturated heterocycles. The molecule has 5 nitrogen and oxygen atoms in total. The molecule has 0 unspecified atom stereocenters. The third-order valence-corrected chi connectivity index (χ3v) is 5.09. The van der Waals surface area contributed by atoms with Crippen LogP contribution in [0.4, 0.5) is 4.39 Å². The van der Waals surface area contributed by atoms with Crippen molar-refractivity contribution in [2.24, 2.45) is 4.99 Å². The molecule has 3 aliphatic heterocycles. The van der Waals surface area contributed by atoms with Crippen LogP contribution in [0.25, 0.3) is 0 Å². The van der Waals surface area contributed by atoms with Gasteiger partial charge in [0.25, 0.3) is 0 Å². The Bertz CT molecular complexity index is 376. The fourth-order valence-electron chi connectivity index (χ4n) is 2.80. The van der Waals surface area contributed by atoms with Gasteiger partial charge in [-0.05, 0) is 19.8 Å². The van der Waals surface area contributed by atoms with Crippen molar-refractivity contribution < 1.29 is 19.3 Å². The second kappa shape index (κ2) is 5.20. The molecule has 0 saturated carbocycles. The smallest absolute Gasteiger partial charge is 0.162 e.